The molecule has 0 bridgehead atoms. The van der Waals surface area contributed by atoms with E-state index < -0.39 is 0 Å². The van der Waals surface area contributed by atoms with Gasteiger partial charge < -0.3 is 0 Å². The molecule has 5 nitrogen and oxygen atoms in total. The molecule has 0 atom stereocenters. The molecule has 1 aromatic rings. The summed E-state index contributed by atoms with van der Waals surface area (Å²) in [4.78, 5) is 18.9. The molecule has 2 heterocycles. The number of ether oxygens (including phenoxy) is 1. The predicted molar refractivity (Wildman–Crippen MR) is 102 cm³/mol. The first-order chi connectivity index (χ1) is 12.1. The van der Waals surface area contributed by atoms with Gasteiger partial charge in [-0.25, -0.2) is 0 Å². The van der Waals surface area contributed by atoms with Crippen LogP contribution in [-0.2, 0) is 9.53 Å². The van der Waals surface area contributed by atoms with Gasteiger partial charge in [-0.1, -0.05) is 0 Å². The average Bonchev–Trinajstić information content (AvgIpc) is 2.82. The van der Waals surface area contributed by atoms with Crippen LogP contribution in [0.5, 0.6) is 0 Å². The summed E-state index contributed by atoms with van der Waals surface area (Å²) in [6.45, 7) is 5.26. The van der Waals surface area contributed by atoms with Crippen molar-refractivity contribution < 1.29 is 9.53 Å². The van der Waals surface area contributed by atoms with E-state index in [1.54, 1.807) is 0 Å². The Kier molecular flexibility index (Phi) is 6.31. The summed E-state index contributed by atoms with van der Waals surface area (Å²) >= 11 is 8.96. The fourth-order valence-electron chi connectivity index (χ4n) is 3.00. The molecule has 0 aliphatic carbocycles. The fourth-order valence-corrected chi connectivity index (χ4v) is 3.70. The first-order valence-corrected chi connectivity index (χ1v) is 9.66. The molecule has 1 aromatic carbocycles. The van der Waals surface area contributed by atoms with Crippen molar-refractivity contribution in [3.63, 3.8) is 0 Å². The van der Waals surface area contributed by atoms with Gasteiger partial charge in [-0.15, -0.1) is 0 Å². The van der Waals surface area contributed by atoms with Crippen LogP contribution in [0, 0.1) is 0 Å². The third kappa shape index (κ3) is 4.52. The molecule has 0 unspecified atom stereocenters. The number of morpholine rings is 1. The van der Waals surface area contributed by atoms with Crippen LogP contribution in [0.15, 0.2) is 30.0 Å². The van der Waals surface area contributed by atoms with Crippen LogP contribution in [0.2, 0.25) is 5.02 Å². The number of amides is 1. The second-order valence-corrected chi connectivity index (χ2v) is 7.39. The number of likely N-dealkylation sites (N-methyl/N-ethyl adjacent to an activating group) is 1. The van der Waals surface area contributed by atoms with Crippen molar-refractivity contribution in [3.8, 4) is 0 Å². The van der Waals surface area contributed by atoms with Crippen LogP contribution in [0.4, 0.5) is 0 Å². The van der Waals surface area contributed by atoms with Gasteiger partial charge in [0.05, 0.1) is 0 Å². The van der Waals surface area contributed by atoms with Crippen molar-refractivity contribution in [1.29, 1.82) is 0 Å². The van der Waals surface area contributed by atoms with Crippen molar-refractivity contribution in [1.82, 2.24) is 14.7 Å². The number of carbonyl (C=O) groups excluding carboxylic acids is 1. The molecule has 2 fully saturated rings. The Morgan fingerprint density at radius 1 is 1.20 bits per heavy atom. The van der Waals surface area contributed by atoms with E-state index in [2.05, 4.69) is 20.5 Å². The Bertz CT molecular complexity index is 671. The van der Waals surface area contributed by atoms with Crippen LogP contribution in [0.3, 0.4) is 0 Å². The average molecular weight is 427 g/mol. The third-order valence-electron chi connectivity index (χ3n) is 4.48. The Morgan fingerprint density at radius 3 is 2.56 bits per heavy atom. The summed E-state index contributed by atoms with van der Waals surface area (Å²) in [7, 11) is 1.91. The van der Waals surface area contributed by atoms with Crippen molar-refractivity contribution in [2.24, 2.45) is 0 Å². The molecule has 2 aliphatic rings. The summed E-state index contributed by atoms with van der Waals surface area (Å²) in [5.74, 6) is 0.0353. The molecule has 2 aliphatic heterocycles. The molecule has 7 heteroatoms. The molecule has 0 N–H and O–H groups in total. The Labute approximate surface area is 161 Å². The van der Waals surface area contributed by atoms with Crippen molar-refractivity contribution in [2.75, 3.05) is 46.4 Å². The summed E-state index contributed by atoms with van der Waals surface area (Å²) in [5.41, 5.74) is 1.63. The first kappa shape index (κ1) is 18.6. The standard InChI is InChI=1S/C18H22ClN3O2Se/c1-20-16(13-14-3-5-15(19)6-4-14)17(23)22(18(20)25)8-2-7-21-9-11-24-12-10-21/h3-6,13H,2,7-12H2,1H3/b16-13+. The number of benzene rings is 1. The summed E-state index contributed by atoms with van der Waals surface area (Å²) in [6, 6.07) is 7.49. The van der Waals surface area contributed by atoms with Crippen molar-refractivity contribution in [2.45, 2.75) is 6.42 Å². The van der Waals surface area contributed by atoms with Gasteiger partial charge in [-0.05, 0) is 0 Å². The molecule has 0 saturated carbocycles. The van der Waals surface area contributed by atoms with E-state index in [-0.39, 0.29) is 5.91 Å². The maximum absolute atomic E-state index is 12.8. The monoisotopic (exact) mass is 427 g/mol. The molecule has 3 rings (SSSR count). The summed E-state index contributed by atoms with van der Waals surface area (Å²) < 4.78 is 6.22. The van der Waals surface area contributed by atoms with Gasteiger partial charge in [-0.3, -0.25) is 0 Å². The second kappa shape index (κ2) is 8.47. The van der Waals surface area contributed by atoms with E-state index in [4.69, 9.17) is 16.3 Å². The van der Waals surface area contributed by atoms with E-state index in [0.717, 1.165) is 49.5 Å². The van der Waals surface area contributed by atoms with E-state index in [0.29, 0.717) is 17.3 Å². The van der Waals surface area contributed by atoms with Crippen LogP contribution >= 0.6 is 11.6 Å². The van der Waals surface area contributed by atoms with E-state index in [1.165, 1.54) is 0 Å². The molecular formula is C18H22ClN3O2Se. The molecular weight excluding hydrogens is 405 g/mol. The molecule has 134 valence electrons. The Hall–Kier alpha value is -1.17. The van der Waals surface area contributed by atoms with Crippen LogP contribution < -0.4 is 0 Å². The topological polar surface area (TPSA) is 36.0 Å². The quantitative estimate of drug-likeness (QED) is 0.527. The van der Waals surface area contributed by atoms with Gasteiger partial charge in [0.25, 0.3) is 0 Å². The van der Waals surface area contributed by atoms with Crippen LogP contribution in [0.25, 0.3) is 6.08 Å². The van der Waals surface area contributed by atoms with Crippen LogP contribution in [-0.4, -0.2) is 87.3 Å². The van der Waals surface area contributed by atoms with E-state index >= 15 is 0 Å². The molecule has 2 saturated heterocycles. The second-order valence-electron chi connectivity index (χ2n) is 6.19. The van der Waals surface area contributed by atoms with Gasteiger partial charge in [-0.2, -0.15) is 0 Å². The molecule has 0 spiro atoms. The van der Waals surface area contributed by atoms with Crippen LogP contribution in [0.1, 0.15) is 12.0 Å². The number of hydrogen-bond acceptors (Lipinski definition) is 4. The Balaban J connectivity index is 1.62. The molecule has 25 heavy (non-hydrogen) atoms. The molecule has 0 aromatic heterocycles. The minimum atomic E-state index is 0.0353. The predicted octanol–water partition coefficient (Wildman–Crippen LogP) is 1.43. The van der Waals surface area contributed by atoms with E-state index in [1.807, 2.05) is 47.2 Å². The Morgan fingerprint density at radius 2 is 1.88 bits per heavy atom. The SMILES string of the molecule is CN1C(=[Se])N(CCCN2CCOCC2)C(=O)/C1=C\c1ccc(Cl)cc1. The zero-order valence-corrected chi connectivity index (χ0v) is 16.7. The van der Waals surface area contributed by atoms with Crippen molar-refractivity contribution in [3.05, 3.63) is 40.5 Å². The zero-order valence-electron chi connectivity index (χ0n) is 14.3. The summed E-state index contributed by atoms with van der Waals surface area (Å²) in [5, 5.41) is 0.689. The number of rotatable bonds is 5. The van der Waals surface area contributed by atoms with Crippen molar-refractivity contribution >= 4 is 43.8 Å². The molecule has 1 amide bonds. The number of halogens is 1. The zero-order chi connectivity index (χ0) is 17.8. The van der Waals surface area contributed by atoms with Gasteiger partial charge in [0, 0.05) is 0 Å². The van der Waals surface area contributed by atoms with Gasteiger partial charge in [0.1, 0.15) is 0 Å². The minimum absolute atomic E-state index is 0.0353. The van der Waals surface area contributed by atoms with E-state index in [9.17, 15) is 4.79 Å². The number of hydrogen-bond donors (Lipinski definition) is 0. The number of carbonyl (C=O) groups is 1. The fraction of sp³-hybridized carbons (Fsp3) is 0.444. The summed E-state index contributed by atoms with van der Waals surface area (Å²) in [6.07, 6.45) is 2.84. The van der Waals surface area contributed by atoms with Gasteiger partial charge >= 0.3 is 161 Å². The van der Waals surface area contributed by atoms with Gasteiger partial charge in [0.2, 0.25) is 0 Å². The third-order valence-corrected chi connectivity index (χ3v) is 5.77. The maximum atomic E-state index is 12.8. The normalized spacial score (nSPS) is 20.8. The number of nitrogens with zero attached hydrogens (tertiary/aromatic N) is 3. The molecule has 0 radical (unpaired) electrons. The first-order valence-electron chi connectivity index (χ1n) is 8.43. The van der Waals surface area contributed by atoms with Gasteiger partial charge in [0.15, 0.2) is 0 Å².